The highest BCUT2D eigenvalue weighted by atomic mass is 35.5. The zero-order valence-electron chi connectivity index (χ0n) is 17.5. The molecule has 0 aliphatic heterocycles. The van der Waals surface area contributed by atoms with Crippen LogP contribution < -0.4 is 10.0 Å². The van der Waals surface area contributed by atoms with Crippen molar-refractivity contribution in [2.45, 2.75) is 31.6 Å². The first-order chi connectivity index (χ1) is 14.7. The number of carbonyl (C=O) groups excluding carboxylic acids is 1. The minimum atomic E-state index is -3.76. The summed E-state index contributed by atoms with van der Waals surface area (Å²) in [4.78, 5) is 12.7. The van der Waals surface area contributed by atoms with Crippen LogP contribution in [0.15, 0.2) is 71.6 Å². The third kappa shape index (κ3) is 6.32. The van der Waals surface area contributed by atoms with E-state index < -0.39 is 10.0 Å². The molecule has 7 heteroatoms. The van der Waals surface area contributed by atoms with Crippen molar-refractivity contribution in [3.05, 3.63) is 94.0 Å². The van der Waals surface area contributed by atoms with Crippen molar-refractivity contribution < 1.29 is 13.2 Å². The van der Waals surface area contributed by atoms with Crippen molar-refractivity contribution >= 4 is 33.2 Å². The topological polar surface area (TPSA) is 75.3 Å². The Kier molecular flexibility index (Phi) is 7.36. The molecule has 0 aliphatic carbocycles. The van der Waals surface area contributed by atoms with Gasteiger partial charge in [0, 0.05) is 12.2 Å². The zero-order valence-corrected chi connectivity index (χ0v) is 19.1. The SMILES string of the molecule is Cc1ccc(CCCNC(=O)c2cc(NS(=O)(=O)c3ccc(C)cc3)ccc2Cl)cc1. The second kappa shape index (κ2) is 9.98. The molecule has 0 saturated carbocycles. The van der Waals surface area contributed by atoms with Crippen LogP contribution in [0, 0.1) is 13.8 Å². The van der Waals surface area contributed by atoms with Crippen molar-refractivity contribution in [3.8, 4) is 0 Å². The number of aryl methyl sites for hydroxylation is 3. The maximum Gasteiger partial charge on any atom is 0.261 e. The number of rotatable bonds is 8. The molecule has 1 amide bonds. The van der Waals surface area contributed by atoms with Crippen LogP contribution in [-0.2, 0) is 16.4 Å². The molecular formula is C24H25ClN2O3S. The van der Waals surface area contributed by atoms with Crippen LogP contribution in [0.5, 0.6) is 0 Å². The number of sulfonamides is 1. The molecule has 2 N–H and O–H groups in total. The van der Waals surface area contributed by atoms with Crippen LogP contribution in [0.25, 0.3) is 0 Å². The first-order valence-electron chi connectivity index (χ1n) is 9.97. The standard InChI is InChI=1S/C24H25ClN2O3S/c1-17-5-9-19(10-6-17)4-3-15-26-24(28)22-16-20(11-14-23(22)25)27-31(29,30)21-12-7-18(2)8-13-21/h5-14,16,27H,3-4,15H2,1-2H3,(H,26,28). The summed E-state index contributed by atoms with van der Waals surface area (Å²) >= 11 is 6.18. The first kappa shape index (κ1) is 22.8. The van der Waals surface area contributed by atoms with Gasteiger partial charge in [0.25, 0.3) is 15.9 Å². The molecule has 0 unspecified atom stereocenters. The molecule has 5 nitrogen and oxygen atoms in total. The number of benzene rings is 3. The van der Waals surface area contributed by atoms with Gasteiger partial charge in [-0.1, -0.05) is 59.1 Å². The summed E-state index contributed by atoms with van der Waals surface area (Å²) in [5.41, 5.74) is 3.89. The van der Waals surface area contributed by atoms with E-state index in [4.69, 9.17) is 11.6 Å². The van der Waals surface area contributed by atoms with E-state index in [0.717, 1.165) is 18.4 Å². The Morgan fingerprint density at radius 1 is 0.903 bits per heavy atom. The first-order valence-corrected chi connectivity index (χ1v) is 11.8. The van der Waals surface area contributed by atoms with E-state index in [2.05, 4.69) is 34.3 Å². The van der Waals surface area contributed by atoms with Gasteiger partial charge < -0.3 is 5.32 Å². The van der Waals surface area contributed by atoms with Crippen molar-refractivity contribution in [2.24, 2.45) is 0 Å². The molecule has 162 valence electrons. The van der Waals surface area contributed by atoms with E-state index in [1.165, 1.54) is 41.5 Å². The highest BCUT2D eigenvalue weighted by Crippen LogP contribution is 2.23. The van der Waals surface area contributed by atoms with Crippen molar-refractivity contribution in [3.63, 3.8) is 0 Å². The number of anilines is 1. The van der Waals surface area contributed by atoms with Crippen molar-refractivity contribution in [1.82, 2.24) is 5.32 Å². The normalized spacial score (nSPS) is 11.2. The number of halogens is 1. The van der Waals surface area contributed by atoms with Crippen LogP contribution in [0.4, 0.5) is 5.69 Å². The lowest BCUT2D eigenvalue weighted by Crippen LogP contribution is -2.25. The molecule has 0 atom stereocenters. The lowest BCUT2D eigenvalue weighted by molar-refractivity contribution is 0.0953. The summed E-state index contributed by atoms with van der Waals surface area (Å²) in [7, 11) is -3.76. The molecule has 0 saturated heterocycles. The van der Waals surface area contributed by atoms with Crippen LogP contribution in [0.3, 0.4) is 0 Å². The Labute approximate surface area is 188 Å². The lowest BCUT2D eigenvalue weighted by atomic mass is 10.1. The van der Waals surface area contributed by atoms with Crippen molar-refractivity contribution in [1.29, 1.82) is 0 Å². The monoisotopic (exact) mass is 456 g/mol. The molecule has 3 rings (SSSR count). The number of nitrogens with one attached hydrogen (secondary N) is 2. The van der Waals surface area contributed by atoms with Gasteiger partial charge in [0.05, 0.1) is 15.5 Å². The minimum Gasteiger partial charge on any atom is -0.352 e. The summed E-state index contributed by atoms with van der Waals surface area (Å²) in [5.74, 6) is -0.342. The summed E-state index contributed by atoms with van der Waals surface area (Å²) in [6.07, 6.45) is 1.64. The van der Waals surface area contributed by atoms with Gasteiger partial charge in [-0.2, -0.15) is 0 Å². The second-order valence-electron chi connectivity index (χ2n) is 7.46. The van der Waals surface area contributed by atoms with Crippen LogP contribution in [0.2, 0.25) is 5.02 Å². The van der Waals surface area contributed by atoms with Gasteiger partial charge in [0.2, 0.25) is 0 Å². The summed E-state index contributed by atoms with van der Waals surface area (Å²) in [6.45, 7) is 4.42. The third-order valence-electron chi connectivity index (χ3n) is 4.84. The molecule has 31 heavy (non-hydrogen) atoms. The molecule has 0 aliphatic rings. The van der Waals surface area contributed by atoms with Crippen LogP contribution in [-0.4, -0.2) is 20.9 Å². The molecule has 0 heterocycles. The highest BCUT2D eigenvalue weighted by molar-refractivity contribution is 7.92. The van der Waals surface area contributed by atoms with Crippen LogP contribution >= 0.6 is 11.6 Å². The van der Waals surface area contributed by atoms with E-state index in [0.29, 0.717) is 6.54 Å². The minimum absolute atomic E-state index is 0.148. The Balaban J connectivity index is 1.62. The average molecular weight is 457 g/mol. The largest absolute Gasteiger partial charge is 0.352 e. The molecule has 0 aromatic heterocycles. The van der Waals surface area contributed by atoms with Gasteiger partial charge in [-0.15, -0.1) is 0 Å². The van der Waals surface area contributed by atoms with Gasteiger partial charge in [-0.25, -0.2) is 8.42 Å². The van der Waals surface area contributed by atoms with E-state index in [9.17, 15) is 13.2 Å². The van der Waals surface area contributed by atoms with Crippen molar-refractivity contribution in [2.75, 3.05) is 11.3 Å². The molecule has 0 bridgehead atoms. The lowest BCUT2D eigenvalue weighted by Gasteiger charge is -2.11. The van der Waals surface area contributed by atoms with Gasteiger partial charge in [-0.05, 0) is 62.6 Å². The van der Waals surface area contributed by atoms with Gasteiger partial charge >= 0.3 is 0 Å². The molecule has 0 fully saturated rings. The number of carbonyl (C=O) groups is 1. The van der Waals surface area contributed by atoms with Gasteiger partial charge in [0.15, 0.2) is 0 Å². The van der Waals surface area contributed by atoms with E-state index >= 15 is 0 Å². The van der Waals surface area contributed by atoms with Gasteiger partial charge in [0.1, 0.15) is 0 Å². The van der Waals surface area contributed by atoms with E-state index in [1.807, 2.05) is 13.8 Å². The maximum absolute atomic E-state index is 12.6. The predicted octanol–water partition coefficient (Wildman–Crippen LogP) is 5.12. The number of hydrogen-bond acceptors (Lipinski definition) is 3. The Morgan fingerprint density at radius 3 is 2.16 bits per heavy atom. The third-order valence-corrected chi connectivity index (χ3v) is 6.57. The smallest absolute Gasteiger partial charge is 0.261 e. The Morgan fingerprint density at radius 2 is 1.52 bits per heavy atom. The molecular weight excluding hydrogens is 432 g/mol. The fourth-order valence-corrected chi connectivity index (χ4v) is 4.29. The fraction of sp³-hybridized carbons (Fsp3) is 0.208. The maximum atomic E-state index is 12.6. The molecule has 3 aromatic carbocycles. The number of amides is 1. The summed E-state index contributed by atoms with van der Waals surface area (Å²) in [5, 5.41) is 3.11. The summed E-state index contributed by atoms with van der Waals surface area (Å²) in [6, 6.07) is 19.3. The van der Waals surface area contributed by atoms with Crippen LogP contribution in [0.1, 0.15) is 33.5 Å². The van der Waals surface area contributed by atoms with E-state index in [1.54, 1.807) is 12.1 Å². The highest BCUT2D eigenvalue weighted by Gasteiger charge is 2.16. The molecule has 0 spiro atoms. The fourth-order valence-electron chi connectivity index (χ4n) is 3.04. The summed E-state index contributed by atoms with van der Waals surface area (Å²) < 4.78 is 27.7. The average Bonchev–Trinajstić information content (AvgIpc) is 2.74. The van der Waals surface area contributed by atoms with E-state index in [-0.39, 0.29) is 27.1 Å². The second-order valence-corrected chi connectivity index (χ2v) is 9.55. The predicted molar refractivity (Wildman–Crippen MR) is 125 cm³/mol. The zero-order chi connectivity index (χ0) is 22.4. The Hall–Kier alpha value is -2.83. The number of hydrogen-bond donors (Lipinski definition) is 2. The molecule has 0 radical (unpaired) electrons. The molecule has 3 aromatic rings. The van der Waals surface area contributed by atoms with Gasteiger partial charge in [-0.3, -0.25) is 9.52 Å². The quantitative estimate of drug-likeness (QED) is 0.462. The Bertz CT molecular complexity index is 1160.